The van der Waals surface area contributed by atoms with E-state index in [1.54, 1.807) is 24.3 Å². The van der Waals surface area contributed by atoms with Gasteiger partial charge in [-0.25, -0.2) is 4.79 Å². The molecule has 3 rings (SSSR count). The SMILES string of the molecule is CC1CCC(C#Cc2ccc(C(=O)Oc3ccccc3)cc2)CC1. The van der Waals surface area contributed by atoms with E-state index in [0.29, 0.717) is 17.2 Å². The van der Waals surface area contributed by atoms with Crippen LogP contribution in [-0.2, 0) is 0 Å². The van der Waals surface area contributed by atoms with E-state index in [-0.39, 0.29) is 5.97 Å². The number of rotatable bonds is 2. The van der Waals surface area contributed by atoms with Gasteiger partial charge in [0.1, 0.15) is 5.75 Å². The summed E-state index contributed by atoms with van der Waals surface area (Å²) in [5, 5.41) is 0. The number of carbonyl (C=O) groups excluding carboxylic acids is 1. The normalized spacial score (nSPS) is 19.9. The number of benzene rings is 2. The van der Waals surface area contributed by atoms with E-state index in [1.807, 2.05) is 30.3 Å². The molecule has 122 valence electrons. The topological polar surface area (TPSA) is 26.3 Å². The van der Waals surface area contributed by atoms with E-state index in [2.05, 4.69) is 18.8 Å². The first-order valence-electron chi connectivity index (χ1n) is 8.59. The van der Waals surface area contributed by atoms with Crippen molar-refractivity contribution in [1.82, 2.24) is 0 Å². The van der Waals surface area contributed by atoms with E-state index in [4.69, 9.17) is 4.74 Å². The Morgan fingerprint density at radius 2 is 1.62 bits per heavy atom. The molecule has 2 heteroatoms. The molecule has 0 aromatic heterocycles. The maximum absolute atomic E-state index is 12.1. The van der Waals surface area contributed by atoms with Crippen LogP contribution in [0.3, 0.4) is 0 Å². The minimum absolute atomic E-state index is 0.345. The summed E-state index contributed by atoms with van der Waals surface area (Å²) < 4.78 is 5.33. The summed E-state index contributed by atoms with van der Waals surface area (Å²) >= 11 is 0. The summed E-state index contributed by atoms with van der Waals surface area (Å²) in [6.07, 6.45) is 4.97. The van der Waals surface area contributed by atoms with E-state index < -0.39 is 0 Å². The number of hydrogen-bond acceptors (Lipinski definition) is 2. The monoisotopic (exact) mass is 318 g/mol. The van der Waals surface area contributed by atoms with Gasteiger partial charge in [0.25, 0.3) is 0 Å². The molecule has 0 spiro atoms. The van der Waals surface area contributed by atoms with Gasteiger partial charge in [-0.05, 0) is 68.0 Å². The summed E-state index contributed by atoms with van der Waals surface area (Å²) in [6.45, 7) is 2.32. The van der Waals surface area contributed by atoms with Crippen molar-refractivity contribution in [3.63, 3.8) is 0 Å². The predicted octanol–water partition coefficient (Wildman–Crippen LogP) is 5.08. The largest absolute Gasteiger partial charge is 0.423 e. The average Bonchev–Trinajstić information content (AvgIpc) is 2.62. The van der Waals surface area contributed by atoms with Gasteiger partial charge in [0, 0.05) is 11.5 Å². The summed E-state index contributed by atoms with van der Waals surface area (Å²) in [4.78, 5) is 12.1. The third-order valence-corrected chi connectivity index (χ3v) is 4.51. The smallest absolute Gasteiger partial charge is 0.343 e. The standard InChI is InChI=1S/C22H22O2/c1-17-7-9-18(10-8-17)11-12-19-13-15-20(16-14-19)22(23)24-21-5-3-2-4-6-21/h2-6,13-18H,7-10H2,1H3. The zero-order chi connectivity index (χ0) is 16.8. The Bertz CT molecular complexity index is 727. The van der Waals surface area contributed by atoms with Crippen molar-refractivity contribution in [1.29, 1.82) is 0 Å². The van der Waals surface area contributed by atoms with Crippen LogP contribution in [0.5, 0.6) is 5.75 Å². The number of carbonyl (C=O) groups is 1. The number of hydrogen-bond donors (Lipinski definition) is 0. The van der Waals surface area contributed by atoms with Gasteiger partial charge < -0.3 is 4.74 Å². The Morgan fingerprint density at radius 3 is 2.29 bits per heavy atom. The molecule has 2 nitrogen and oxygen atoms in total. The molecule has 0 unspecified atom stereocenters. The average molecular weight is 318 g/mol. The molecule has 2 aromatic carbocycles. The van der Waals surface area contributed by atoms with Gasteiger partial charge in [0.2, 0.25) is 0 Å². The highest BCUT2D eigenvalue weighted by atomic mass is 16.5. The highest BCUT2D eigenvalue weighted by molar-refractivity contribution is 5.91. The van der Waals surface area contributed by atoms with Crippen LogP contribution in [-0.4, -0.2) is 5.97 Å². The minimum Gasteiger partial charge on any atom is -0.423 e. The lowest BCUT2D eigenvalue weighted by Crippen LogP contribution is -2.10. The molecular weight excluding hydrogens is 296 g/mol. The van der Waals surface area contributed by atoms with Crippen LogP contribution < -0.4 is 4.74 Å². The molecule has 1 fully saturated rings. The molecule has 1 aliphatic carbocycles. The molecule has 0 amide bonds. The van der Waals surface area contributed by atoms with E-state index in [0.717, 1.165) is 11.5 Å². The lowest BCUT2D eigenvalue weighted by molar-refractivity contribution is 0.0735. The van der Waals surface area contributed by atoms with Gasteiger partial charge in [-0.1, -0.05) is 37.0 Å². The maximum atomic E-state index is 12.1. The van der Waals surface area contributed by atoms with Crippen molar-refractivity contribution < 1.29 is 9.53 Å². The maximum Gasteiger partial charge on any atom is 0.343 e. The highest BCUT2D eigenvalue weighted by Gasteiger charge is 2.15. The summed E-state index contributed by atoms with van der Waals surface area (Å²) in [6, 6.07) is 16.4. The third-order valence-electron chi connectivity index (χ3n) is 4.51. The molecule has 0 atom stereocenters. The fourth-order valence-corrected chi connectivity index (χ4v) is 2.93. The highest BCUT2D eigenvalue weighted by Crippen LogP contribution is 2.27. The lowest BCUT2D eigenvalue weighted by Gasteiger charge is -2.21. The molecule has 0 radical (unpaired) electrons. The van der Waals surface area contributed by atoms with E-state index in [1.165, 1.54) is 25.7 Å². The first kappa shape index (κ1) is 16.3. The Morgan fingerprint density at radius 1 is 0.958 bits per heavy atom. The van der Waals surface area contributed by atoms with Crippen molar-refractivity contribution in [2.45, 2.75) is 32.6 Å². The van der Waals surface area contributed by atoms with Crippen LogP contribution in [0.4, 0.5) is 0 Å². The van der Waals surface area contributed by atoms with Crippen LogP contribution in [0.15, 0.2) is 54.6 Å². The molecule has 0 saturated heterocycles. The zero-order valence-electron chi connectivity index (χ0n) is 14.0. The first-order chi connectivity index (χ1) is 11.7. The van der Waals surface area contributed by atoms with Gasteiger partial charge >= 0.3 is 5.97 Å². The van der Waals surface area contributed by atoms with Gasteiger partial charge in [0.15, 0.2) is 0 Å². The second-order valence-electron chi connectivity index (χ2n) is 6.51. The van der Waals surface area contributed by atoms with Crippen LogP contribution in [0.25, 0.3) is 0 Å². The summed E-state index contributed by atoms with van der Waals surface area (Å²) in [5.74, 6) is 8.19. The number of esters is 1. The Labute approximate surface area is 143 Å². The number of para-hydroxylation sites is 1. The van der Waals surface area contributed by atoms with Crippen molar-refractivity contribution in [2.75, 3.05) is 0 Å². The molecule has 0 aliphatic heterocycles. The first-order valence-corrected chi connectivity index (χ1v) is 8.59. The van der Waals surface area contributed by atoms with Gasteiger partial charge in [-0.3, -0.25) is 0 Å². The third kappa shape index (κ3) is 4.49. The Kier molecular flexibility index (Phi) is 5.33. The molecule has 2 aromatic rings. The van der Waals surface area contributed by atoms with E-state index in [9.17, 15) is 4.79 Å². The van der Waals surface area contributed by atoms with Crippen LogP contribution in [0.1, 0.15) is 48.5 Å². The lowest BCUT2D eigenvalue weighted by atomic mass is 9.83. The molecule has 0 bridgehead atoms. The van der Waals surface area contributed by atoms with Crippen LogP contribution in [0.2, 0.25) is 0 Å². The van der Waals surface area contributed by atoms with E-state index >= 15 is 0 Å². The zero-order valence-corrected chi connectivity index (χ0v) is 14.0. The summed E-state index contributed by atoms with van der Waals surface area (Å²) in [5.41, 5.74) is 1.49. The second kappa shape index (κ2) is 7.84. The van der Waals surface area contributed by atoms with Crippen molar-refractivity contribution in [3.8, 4) is 17.6 Å². The van der Waals surface area contributed by atoms with Crippen LogP contribution in [0, 0.1) is 23.7 Å². The molecule has 0 N–H and O–H groups in total. The quantitative estimate of drug-likeness (QED) is 0.438. The van der Waals surface area contributed by atoms with Gasteiger partial charge in [-0.2, -0.15) is 0 Å². The van der Waals surface area contributed by atoms with Crippen LogP contribution >= 0.6 is 0 Å². The fourth-order valence-electron chi connectivity index (χ4n) is 2.93. The fraction of sp³-hybridized carbons (Fsp3) is 0.318. The van der Waals surface area contributed by atoms with Crippen molar-refractivity contribution in [2.24, 2.45) is 11.8 Å². The van der Waals surface area contributed by atoms with Crippen molar-refractivity contribution >= 4 is 5.97 Å². The van der Waals surface area contributed by atoms with Gasteiger partial charge in [0.05, 0.1) is 5.56 Å². The van der Waals surface area contributed by atoms with Gasteiger partial charge in [-0.15, -0.1) is 0 Å². The second-order valence-corrected chi connectivity index (χ2v) is 6.51. The molecular formula is C22H22O2. The molecule has 1 saturated carbocycles. The predicted molar refractivity (Wildman–Crippen MR) is 95.8 cm³/mol. The molecule has 24 heavy (non-hydrogen) atoms. The number of ether oxygens (including phenoxy) is 1. The Hall–Kier alpha value is -2.53. The van der Waals surface area contributed by atoms with Crippen molar-refractivity contribution in [3.05, 3.63) is 65.7 Å². The molecule has 1 aliphatic rings. The Balaban J connectivity index is 1.60. The summed E-state index contributed by atoms with van der Waals surface area (Å²) in [7, 11) is 0. The molecule has 0 heterocycles. The minimum atomic E-state index is -0.345.